The first-order valence-electron chi connectivity index (χ1n) is 5.85. The highest BCUT2D eigenvalue weighted by molar-refractivity contribution is 7.09. The fourth-order valence-electron chi connectivity index (χ4n) is 2.11. The Hall–Kier alpha value is -0.380. The lowest BCUT2D eigenvalue weighted by Crippen LogP contribution is -2.45. The molecule has 3 heteroatoms. The molecule has 2 heterocycles. The van der Waals surface area contributed by atoms with Gasteiger partial charge < -0.3 is 4.90 Å². The van der Waals surface area contributed by atoms with Crippen LogP contribution in [0.25, 0.3) is 0 Å². The van der Waals surface area contributed by atoms with Gasteiger partial charge in [-0.1, -0.05) is 13.0 Å². The number of nitrogens with zero attached hydrogens (tertiary/aromatic N) is 2. The number of thiophene rings is 1. The van der Waals surface area contributed by atoms with Crippen LogP contribution in [0.15, 0.2) is 17.5 Å². The van der Waals surface area contributed by atoms with E-state index in [2.05, 4.69) is 34.2 Å². The molecule has 0 bridgehead atoms. The zero-order chi connectivity index (χ0) is 10.5. The number of hydrogen-bond donors (Lipinski definition) is 0. The molecule has 2 nitrogen and oxygen atoms in total. The summed E-state index contributed by atoms with van der Waals surface area (Å²) in [7, 11) is 0. The van der Waals surface area contributed by atoms with Gasteiger partial charge in [-0.15, -0.1) is 11.3 Å². The van der Waals surface area contributed by atoms with Gasteiger partial charge in [-0.05, 0) is 24.4 Å². The molecule has 0 radical (unpaired) electrons. The van der Waals surface area contributed by atoms with Crippen molar-refractivity contribution in [1.29, 1.82) is 0 Å². The van der Waals surface area contributed by atoms with Crippen LogP contribution in [0.1, 0.15) is 18.2 Å². The van der Waals surface area contributed by atoms with Crippen LogP contribution < -0.4 is 0 Å². The van der Waals surface area contributed by atoms with E-state index in [9.17, 15) is 0 Å². The van der Waals surface area contributed by atoms with Crippen LogP contribution in [-0.4, -0.2) is 42.5 Å². The predicted octanol–water partition coefficient (Wildman–Crippen LogP) is 2.28. The maximum Gasteiger partial charge on any atom is 0.0328 e. The molecule has 1 aliphatic heterocycles. The monoisotopic (exact) mass is 224 g/mol. The molecule has 0 spiro atoms. The summed E-state index contributed by atoms with van der Waals surface area (Å²) in [6.07, 6.45) is 1.28. The van der Waals surface area contributed by atoms with E-state index in [4.69, 9.17) is 0 Å². The van der Waals surface area contributed by atoms with E-state index in [1.54, 1.807) is 0 Å². The topological polar surface area (TPSA) is 6.48 Å². The Bertz CT molecular complexity index is 263. The van der Waals surface area contributed by atoms with Crippen LogP contribution >= 0.6 is 11.3 Å². The van der Waals surface area contributed by atoms with E-state index < -0.39 is 0 Å². The summed E-state index contributed by atoms with van der Waals surface area (Å²) in [6, 6.07) is 4.39. The second-order valence-corrected chi connectivity index (χ2v) is 5.23. The Morgan fingerprint density at radius 3 is 2.53 bits per heavy atom. The van der Waals surface area contributed by atoms with Crippen molar-refractivity contribution >= 4 is 11.3 Å². The van der Waals surface area contributed by atoms with Crippen molar-refractivity contribution in [1.82, 2.24) is 9.80 Å². The Labute approximate surface area is 96.5 Å². The summed E-state index contributed by atoms with van der Waals surface area (Å²) in [4.78, 5) is 6.64. The summed E-state index contributed by atoms with van der Waals surface area (Å²) < 4.78 is 0. The highest BCUT2D eigenvalue weighted by atomic mass is 32.1. The summed E-state index contributed by atoms with van der Waals surface area (Å²) in [5.41, 5.74) is 0. The average molecular weight is 224 g/mol. The molecule has 0 atom stereocenters. The predicted molar refractivity (Wildman–Crippen MR) is 66.3 cm³/mol. The van der Waals surface area contributed by atoms with Crippen molar-refractivity contribution in [2.75, 3.05) is 32.7 Å². The van der Waals surface area contributed by atoms with Crippen LogP contribution in [0, 0.1) is 0 Å². The molecule has 1 saturated heterocycles. The van der Waals surface area contributed by atoms with Crippen molar-refractivity contribution in [3.05, 3.63) is 22.4 Å². The van der Waals surface area contributed by atoms with E-state index in [1.165, 1.54) is 44.0 Å². The van der Waals surface area contributed by atoms with Gasteiger partial charge in [0, 0.05) is 37.6 Å². The van der Waals surface area contributed by atoms with Crippen molar-refractivity contribution in [3.8, 4) is 0 Å². The molecule has 0 saturated carbocycles. The highest BCUT2D eigenvalue weighted by Crippen LogP contribution is 2.13. The van der Waals surface area contributed by atoms with Crippen LogP contribution in [0.2, 0.25) is 0 Å². The lowest BCUT2D eigenvalue weighted by Gasteiger charge is -2.34. The number of piperazine rings is 1. The van der Waals surface area contributed by atoms with Crippen molar-refractivity contribution < 1.29 is 0 Å². The first-order chi connectivity index (χ1) is 7.38. The smallest absolute Gasteiger partial charge is 0.0328 e. The molecule has 0 N–H and O–H groups in total. The molecular formula is C12H20N2S. The van der Waals surface area contributed by atoms with Crippen LogP contribution in [0.4, 0.5) is 0 Å². The molecule has 0 unspecified atom stereocenters. The summed E-state index contributed by atoms with van der Waals surface area (Å²) in [6.45, 7) is 9.65. The Kier molecular flexibility index (Phi) is 4.18. The Morgan fingerprint density at radius 2 is 1.93 bits per heavy atom. The molecule has 1 aliphatic rings. The lowest BCUT2D eigenvalue weighted by molar-refractivity contribution is 0.128. The SMILES string of the molecule is CCCN1CCN(Cc2cccs2)CC1. The quantitative estimate of drug-likeness (QED) is 0.774. The van der Waals surface area contributed by atoms with Gasteiger partial charge in [0.25, 0.3) is 0 Å². The molecule has 1 aromatic rings. The van der Waals surface area contributed by atoms with Crippen LogP contribution in [0.5, 0.6) is 0 Å². The minimum atomic E-state index is 1.15. The van der Waals surface area contributed by atoms with Crippen molar-refractivity contribution in [2.45, 2.75) is 19.9 Å². The van der Waals surface area contributed by atoms with Gasteiger partial charge in [0.15, 0.2) is 0 Å². The minimum absolute atomic E-state index is 1.15. The first-order valence-corrected chi connectivity index (χ1v) is 6.73. The van der Waals surface area contributed by atoms with Crippen LogP contribution in [-0.2, 0) is 6.54 Å². The molecule has 15 heavy (non-hydrogen) atoms. The minimum Gasteiger partial charge on any atom is -0.301 e. The Balaban J connectivity index is 1.74. The molecule has 0 aliphatic carbocycles. The third-order valence-corrected chi connectivity index (χ3v) is 3.83. The van der Waals surface area contributed by atoms with Crippen LogP contribution in [0.3, 0.4) is 0 Å². The molecule has 2 rings (SSSR count). The average Bonchev–Trinajstić information content (AvgIpc) is 2.74. The van der Waals surface area contributed by atoms with Gasteiger partial charge in [0.05, 0.1) is 0 Å². The second-order valence-electron chi connectivity index (χ2n) is 4.20. The van der Waals surface area contributed by atoms with Gasteiger partial charge in [-0.3, -0.25) is 4.90 Å². The van der Waals surface area contributed by atoms with Crippen molar-refractivity contribution in [2.24, 2.45) is 0 Å². The molecular weight excluding hydrogens is 204 g/mol. The summed E-state index contributed by atoms with van der Waals surface area (Å²) >= 11 is 1.87. The third kappa shape index (κ3) is 3.30. The van der Waals surface area contributed by atoms with E-state index in [0.29, 0.717) is 0 Å². The van der Waals surface area contributed by atoms with E-state index in [0.717, 1.165) is 6.54 Å². The molecule has 84 valence electrons. The van der Waals surface area contributed by atoms with Gasteiger partial charge >= 0.3 is 0 Å². The van der Waals surface area contributed by atoms with Gasteiger partial charge in [-0.2, -0.15) is 0 Å². The number of hydrogen-bond acceptors (Lipinski definition) is 3. The fourth-order valence-corrected chi connectivity index (χ4v) is 2.86. The van der Waals surface area contributed by atoms with E-state index >= 15 is 0 Å². The molecule has 1 fully saturated rings. The first kappa shape index (κ1) is 11.1. The molecule has 1 aromatic heterocycles. The molecule has 0 aromatic carbocycles. The van der Waals surface area contributed by atoms with Gasteiger partial charge in [0.2, 0.25) is 0 Å². The maximum atomic E-state index is 2.57. The Morgan fingerprint density at radius 1 is 1.20 bits per heavy atom. The summed E-state index contributed by atoms with van der Waals surface area (Å²) in [5, 5.41) is 2.17. The molecule has 0 amide bonds. The summed E-state index contributed by atoms with van der Waals surface area (Å²) in [5.74, 6) is 0. The maximum absolute atomic E-state index is 2.57. The zero-order valence-corrected chi connectivity index (χ0v) is 10.3. The standard InChI is InChI=1S/C12H20N2S/c1-2-5-13-6-8-14(9-7-13)11-12-4-3-10-15-12/h3-4,10H,2,5-9,11H2,1H3. The van der Waals surface area contributed by atoms with Gasteiger partial charge in [0.1, 0.15) is 0 Å². The van der Waals surface area contributed by atoms with E-state index in [1.807, 2.05) is 11.3 Å². The zero-order valence-electron chi connectivity index (χ0n) is 9.48. The van der Waals surface area contributed by atoms with Crippen molar-refractivity contribution in [3.63, 3.8) is 0 Å². The lowest BCUT2D eigenvalue weighted by atomic mass is 10.3. The highest BCUT2D eigenvalue weighted by Gasteiger charge is 2.15. The second kappa shape index (κ2) is 5.64. The number of rotatable bonds is 4. The third-order valence-electron chi connectivity index (χ3n) is 2.96. The van der Waals surface area contributed by atoms with E-state index in [-0.39, 0.29) is 0 Å². The normalized spacial score (nSPS) is 19.5. The largest absolute Gasteiger partial charge is 0.301 e. The fraction of sp³-hybridized carbons (Fsp3) is 0.667. The van der Waals surface area contributed by atoms with Gasteiger partial charge in [-0.25, -0.2) is 0 Å².